The number of esters is 3. The number of carbonyl (C=O) groups excluding carboxylic acids is 5. The third kappa shape index (κ3) is 11.8. The van der Waals surface area contributed by atoms with E-state index in [1.807, 2.05) is 6.92 Å². The van der Waals surface area contributed by atoms with Gasteiger partial charge < -0.3 is 33.2 Å². The summed E-state index contributed by atoms with van der Waals surface area (Å²) in [6, 6.07) is 16.0. The molecule has 0 aliphatic carbocycles. The van der Waals surface area contributed by atoms with E-state index in [0.29, 0.717) is 18.4 Å². The van der Waals surface area contributed by atoms with E-state index in [0.717, 1.165) is 18.9 Å². The van der Waals surface area contributed by atoms with Gasteiger partial charge in [-0.2, -0.15) is 0 Å². The van der Waals surface area contributed by atoms with Gasteiger partial charge in [-0.3, -0.25) is 0 Å². The zero-order valence-electron chi connectivity index (χ0n) is 25.5. The first kappa shape index (κ1) is 34.8. The maximum atomic E-state index is 12.7. The van der Waals surface area contributed by atoms with Gasteiger partial charge in [-0.15, -0.1) is 0 Å². The zero-order valence-corrected chi connectivity index (χ0v) is 25.5. The first-order valence-corrected chi connectivity index (χ1v) is 14.4. The maximum Gasteiger partial charge on any atom is 0.513 e. The van der Waals surface area contributed by atoms with Gasteiger partial charge in [0, 0.05) is 6.08 Å². The Kier molecular flexibility index (Phi) is 13.8. The summed E-state index contributed by atoms with van der Waals surface area (Å²) in [4.78, 5) is 59.8. The van der Waals surface area contributed by atoms with Crippen molar-refractivity contribution < 1.29 is 57.1 Å². The number of hydrogen-bond donors (Lipinski definition) is 0. The molecule has 3 rings (SSSR count). The number of aryl methyl sites for hydroxylation is 1. The molecule has 0 radical (unpaired) electrons. The van der Waals surface area contributed by atoms with E-state index < -0.39 is 30.2 Å². The van der Waals surface area contributed by atoms with E-state index in [9.17, 15) is 24.0 Å². The van der Waals surface area contributed by atoms with Crippen molar-refractivity contribution in [2.45, 2.75) is 39.5 Å². The van der Waals surface area contributed by atoms with Crippen molar-refractivity contribution in [3.8, 4) is 23.0 Å². The maximum absolute atomic E-state index is 12.7. The standard InChI is InChI=1S/C34H34O12/c1-4-6-19-41-33(38)44-26-13-9-24(10-14-26)31(36)43-28-17-18-29(23(3)22-28)46-32(37)25-11-15-27(16-12-25)45-34(39)42-21-8-7-20-40-30(35)5-2/h5,9-18,22H,2,4,6-8,19-21H2,1,3H3. The van der Waals surface area contributed by atoms with Crippen LogP contribution in [-0.2, 0) is 19.0 Å². The molecule has 46 heavy (non-hydrogen) atoms. The topological polar surface area (TPSA) is 150 Å². The van der Waals surface area contributed by atoms with Crippen molar-refractivity contribution in [1.82, 2.24) is 0 Å². The highest BCUT2D eigenvalue weighted by Crippen LogP contribution is 2.26. The average Bonchev–Trinajstić information content (AvgIpc) is 3.04. The van der Waals surface area contributed by atoms with Crippen LogP contribution in [0.4, 0.5) is 9.59 Å². The molecule has 3 aromatic rings. The van der Waals surface area contributed by atoms with Gasteiger partial charge in [-0.1, -0.05) is 19.9 Å². The molecule has 12 heteroatoms. The molecule has 0 fully saturated rings. The molecule has 0 aliphatic heterocycles. The van der Waals surface area contributed by atoms with Crippen LogP contribution in [0.3, 0.4) is 0 Å². The minimum Gasteiger partial charge on any atom is -0.463 e. The lowest BCUT2D eigenvalue weighted by Gasteiger charge is -2.11. The van der Waals surface area contributed by atoms with Crippen LogP contribution in [0, 0.1) is 6.92 Å². The van der Waals surface area contributed by atoms with Crippen LogP contribution in [0.1, 0.15) is 58.9 Å². The Morgan fingerprint density at radius 2 is 1.09 bits per heavy atom. The fourth-order valence-corrected chi connectivity index (χ4v) is 3.59. The second kappa shape index (κ2) is 18.2. The van der Waals surface area contributed by atoms with Crippen LogP contribution in [0.2, 0.25) is 0 Å². The molecular formula is C34H34O12. The molecule has 0 saturated carbocycles. The summed E-state index contributed by atoms with van der Waals surface area (Å²) >= 11 is 0. The van der Waals surface area contributed by atoms with Crippen LogP contribution in [0.25, 0.3) is 0 Å². The predicted octanol–water partition coefficient (Wildman–Crippen LogP) is 6.77. The van der Waals surface area contributed by atoms with E-state index in [1.165, 1.54) is 60.7 Å². The molecule has 0 aliphatic rings. The highest BCUT2D eigenvalue weighted by molar-refractivity contribution is 5.92. The Labute approximate surface area is 265 Å². The van der Waals surface area contributed by atoms with E-state index in [4.69, 9.17) is 33.2 Å². The second-order valence-corrected chi connectivity index (χ2v) is 9.59. The van der Waals surface area contributed by atoms with Gasteiger partial charge in [0.2, 0.25) is 0 Å². The summed E-state index contributed by atoms with van der Waals surface area (Å²) in [7, 11) is 0. The molecule has 0 unspecified atom stereocenters. The Morgan fingerprint density at radius 3 is 1.59 bits per heavy atom. The highest BCUT2D eigenvalue weighted by atomic mass is 16.7. The molecule has 0 amide bonds. The third-order valence-electron chi connectivity index (χ3n) is 6.03. The number of carbonyl (C=O) groups is 5. The van der Waals surface area contributed by atoms with Crippen LogP contribution < -0.4 is 18.9 Å². The summed E-state index contributed by atoms with van der Waals surface area (Å²) in [5, 5.41) is 0. The molecule has 0 aromatic heterocycles. The Bertz CT molecular complexity index is 1510. The smallest absolute Gasteiger partial charge is 0.463 e. The molecule has 0 spiro atoms. The minimum atomic E-state index is -0.916. The van der Waals surface area contributed by atoms with E-state index in [-0.39, 0.29) is 53.9 Å². The van der Waals surface area contributed by atoms with Gasteiger partial charge in [-0.05, 0) is 98.5 Å². The van der Waals surface area contributed by atoms with Gasteiger partial charge >= 0.3 is 30.2 Å². The molecule has 0 heterocycles. The van der Waals surface area contributed by atoms with Crippen molar-refractivity contribution in [3.63, 3.8) is 0 Å². The Balaban J connectivity index is 1.45. The number of unbranched alkanes of at least 4 members (excludes halogenated alkanes) is 2. The summed E-state index contributed by atoms with van der Waals surface area (Å²) in [6.07, 6.45) is 1.92. The van der Waals surface area contributed by atoms with Crippen LogP contribution in [-0.4, -0.2) is 50.0 Å². The minimum absolute atomic E-state index is 0.0768. The summed E-state index contributed by atoms with van der Waals surface area (Å²) in [6.45, 7) is 7.48. The molecular weight excluding hydrogens is 600 g/mol. The molecule has 242 valence electrons. The molecule has 0 bridgehead atoms. The van der Waals surface area contributed by atoms with Crippen molar-refractivity contribution in [2.75, 3.05) is 19.8 Å². The lowest BCUT2D eigenvalue weighted by molar-refractivity contribution is -0.137. The SMILES string of the molecule is C=CC(=O)OCCCCOC(=O)Oc1ccc(C(=O)Oc2ccc(OC(=O)c3ccc(OC(=O)OCCCC)cc3)cc2C)cc1. The van der Waals surface area contributed by atoms with Gasteiger partial charge in [0.25, 0.3) is 0 Å². The summed E-state index contributed by atoms with van der Waals surface area (Å²) < 4.78 is 35.8. The third-order valence-corrected chi connectivity index (χ3v) is 6.03. The lowest BCUT2D eigenvalue weighted by Crippen LogP contribution is -2.13. The first-order valence-electron chi connectivity index (χ1n) is 14.4. The van der Waals surface area contributed by atoms with Crippen molar-refractivity contribution >= 4 is 30.2 Å². The van der Waals surface area contributed by atoms with Gasteiger partial charge in [-0.25, -0.2) is 24.0 Å². The molecule has 0 atom stereocenters. The van der Waals surface area contributed by atoms with Crippen molar-refractivity contribution in [1.29, 1.82) is 0 Å². The fourth-order valence-electron chi connectivity index (χ4n) is 3.59. The number of rotatable bonds is 15. The number of benzene rings is 3. The monoisotopic (exact) mass is 634 g/mol. The fraction of sp³-hybridized carbons (Fsp3) is 0.265. The number of ether oxygens (including phenoxy) is 7. The summed E-state index contributed by atoms with van der Waals surface area (Å²) in [5.74, 6) is -0.952. The molecule has 0 N–H and O–H groups in total. The zero-order chi connectivity index (χ0) is 33.3. The van der Waals surface area contributed by atoms with E-state index in [1.54, 1.807) is 13.0 Å². The van der Waals surface area contributed by atoms with Gasteiger partial charge in [0.05, 0.1) is 30.9 Å². The van der Waals surface area contributed by atoms with Gasteiger partial charge in [0.1, 0.15) is 23.0 Å². The number of hydrogen-bond acceptors (Lipinski definition) is 12. The molecule has 0 saturated heterocycles. The Morgan fingerprint density at radius 1 is 0.609 bits per heavy atom. The van der Waals surface area contributed by atoms with Gasteiger partial charge in [0.15, 0.2) is 0 Å². The largest absolute Gasteiger partial charge is 0.513 e. The molecule has 12 nitrogen and oxygen atoms in total. The van der Waals surface area contributed by atoms with Crippen LogP contribution in [0.5, 0.6) is 23.0 Å². The predicted molar refractivity (Wildman–Crippen MR) is 163 cm³/mol. The normalized spacial score (nSPS) is 10.2. The van der Waals surface area contributed by atoms with E-state index in [2.05, 4.69) is 6.58 Å². The summed E-state index contributed by atoms with van der Waals surface area (Å²) in [5.41, 5.74) is 0.959. The van der Waals surface area contributed by atoms with E-state index >= 15 is 0 Å². The quantitative estimate of drug-likeness (QED) is 0.0433. The second-order valence-electron chi connectivity index (χ2n) is 9.59. The average molecular weight is 635 g/mol. The van der Waals surface area contributed by atoms with Crippen molar-refractivity contribution in [3.05, 3.63) is 96.1 Å². The van der Waals surface area contributed by atoms with Crippen molar-refractivity contribution in [2.24, 2.45) is 0 Å². The highest BCUT2D eigenvalue weighted by Gasteiger charge is 2.15. The van der Waals surface area contributed by atoms with Crippen LogP contribution >= 0.6 is 0 Å². The first-order chi connectivity index (χ1) is 22.2. The molecule has 3 aromatic carbocycles. The van der Waals surface area contributed by atoms with Crippen LogP contribution in [0.15, 0.2) is 79.4 Å². The lowest BCUT2D eigenvalue weighted by atomic mass is 10.2. The Hall–Kier alpha value is -5.65.